The van der Waals surface area contributed by atoms with Crippen molar-refractivity contribution in [1.82, 2.24) is 14.7 Å². The number of benzene rings is 2. The SMILES string of the molecule is CN(CC(=O)Nc1ccc(Cl)c(Cl)c1)C(=O)CCc1cnn(-c2ccccc2)c1. The van der Waals surface area contributed by atoms with Crippen molar-refractivity contribution in [2.45, 2.75) is 12.8 Å². The molecule has 6 nitrogen and oxygen atoms in total. The van der Waals surface area contributed by atoms with Gasteiger partial charge in [-0.2, -0.15) is 5.10 Å². The first kappa shape index (κ1) is 20.9. The summed E-state index contributed by atoms with van der Waals surface area (Å²) in [5, 5.41) is 7.79. The van der Waals surface area contributed by atoms with Gasteiger partial charge in [0, 0.05) is 25.4 Å². The van der Waals surface area contributed by atoms with E-state index in [1.54, 1.807) is 36.1 Å². The molecule has 1 heterocycles. The number of anilines is 1. The largest absolute Gasteiger partial charge is 0.336 e. The van der Waals surface area contributed by atoms with Crippen LogP contribution in [0.5, 0.6) is 0 Å². The summed E-state index contributed by atoms with van der Waals surface area (Å²) in [5.74, 6) is -0.433. The molecule has 0 bridgehead atoms. The Morgan fingerprint density at radius 1 is 1.10 bits per heavy atom. The maximum atomic E-state index is 12.4. The van der Waals surface area contributed by atoms with Crippen LogP contribution < -0.4 is 5.32 Å². The fourth-order valence-electron chi connectivity index (χ4n) is 2.73. The molecule has 8 heteroatoms. The van der Waals surface area contributed by atoms with E-state index in [0.29, 0.717) is 22.2 Å². The minimum atomic E-state index is -0.309. The Morgan fingerprint density at radius 3 is 2.59 bits per heavy atom. The zero-order valence-corrected chi connectivity index (χ0v) is 17.3. The van der Waals surface area contributed by atoms with Crippen LogP contribution in [0.1, 0.15) is 12.0 Å². The molecule has 2 aromatic carbocycles. The highest BCUT2D eigenvalue weighted by atomic mass is 35.5. The summed E-state index contributed by atoms with van der Waals surface area (Å²) < 4.78 is 1.77. The number of amides is 2. The van der Waals surface area contributed by atoms with E-state index in [0.717, 1.165) is 11.3 Å². The van der Waals surface area contributed by atoms with Gasteiger partial charge in [0.05, 0.1) is 28.5 Å². The van der Waals surface area contributed by atoms with Gasteiger partial charge in [-0.3, -0.25) is 9.59 Å². The Morgan fingerprint density at radius 2 is 1.86 bits per heavy atom. The molecule has 0 saturated heterocycles. The third-order valence-electron chi connectivity index (χ3n) is 4.29. The van der Waals surface area contributed by atoms with Gasteiger partial charge < -0.3 is 10.2 Å². The minimum Gasteiger partial charge on any atom is -0.336 e. The number of hydrogen-bond donors (Lipinski definition) is 1. The lowest BCUT2D eigenvalue weighted by Gasteiger charge is -2.16. The molecule has 3 rings (SSSR count). The number of rotatable bonds is 7. The number of halogens is 2. The summed E-state index contributed by atoms with van der Waals surface area (Å²) in [4.78, 5) is 25.9. The first-order chi connectivity index (χ1) is 13.9. The summed E-state index contributed by atoms with van der Waals surface area (Å²) >= 11 is 11.8. The zero-order chi connectivity index (χ0) is 20.8. The van der Waals surface area contributed by atoms with E-state index in [1.165, 1.54) is 4.90 Å². The number of nitrogens with one attached hydrogen (secondary N) is 1. The van der Waals surface area contributed by atoms with Crippen LogP contribution in [0, 0.1) is 0 Å². The van der Waals surface area contributed by atoms with Crippen LogP contribution >= 0.6 is 23.2 Å². The Bertz CT molecular complexity index is 1000. The number of aromatic nitrogens is 2. The maximum Gasteiger partial charge on any atom is 0.243 e. The topological polar surface area (TPSA) is 67.2 Å². The second kappa shape index (κ2) is 9.58. The van der Waals surface area contributed by atoms with Crippen molar-refractivity contribution >= 4 is 40.7 Å². The van der Waals surface area contributed by atoms with E-state index in [4.69, 9.17) is 23.2 Å². The number of nitrogens with zero attached hydrogens (tertiary/aromatic N) is 3. The third-order valence-corrected chi connectivity index (χ3v) is 5.03. The predicted molar refractivity (Wildman–Crippen MR) is 115 cm³/mol. The molecule has 2 amide bonds. The minimum absolute atomic E-state index is 0.0532. The van der Waals surface area contributed by atoms with Crippen molar-refractivity contribution < 1.29 is 9.59 Å². The quantitative estimate of drug-likeness (QED) is 0.610. The van der Waals surface area contributed by atoms with E-state index < -0.39 is 0 Å². The van der Waals surface area contributed by atoms with Crippen LogP contribution in [-0.4, -0.2) is 40.1 Å². The lowest BCUT2D eigenvalue weighted by molar-refractivity contribution is -0.133. The van der Waals surface area contributed by atoms with Crippen molar-refractivity contribution in [3.8, 4) is 5.69 Å². The lowest BCUT2D eigenvalue weighted by atomic mass is 10.2. The second-order valence-electron chi connectivity index (χ2n) is 6.56. The molecular formula is C21H20Cl2N4O2. The van der Waals surface area contributed by atoms with Crippen LogP contribution in [0.3, 0.4) is 0 Å². The third kappa shape index (κ3) is 5.82. The maximum absolute atomic E-state index is 12.4. The van der Waals surface area contributed by atoms with Gasteiger partial charge in [-0.25, -0.2) is 4.68 Å². The molecule has 0 fully saturated rings. The smallest absolute Gasteiger partial charge is 0.243 e. The van der Waals surface area contributed by atoms with Gasteiger partial charge >= 0.3 is 0 Å². The molecule has 0 saturated carbocycles. The number of likely N-dealkylation sites (N-methyl/N-ethyl adjacent to an activating group) is 1. The summed E-state index contributed by atoms with van der Waals surface area (Å²) in [6.07, 6.45) is 4.48. The Kier molecular flexibility index (Phi) is 6.90. The normalized spacial score (nSPS) is 10.6. The second-order valence-corrected chi connectivity index (χ2v) is 7.37. The number of para-hydroxylation sites is 1. The summed E-state index contributed by atoms with van der Waals surface area (Å²) in [6, 6.07) is 14.6. The predicted octanol–water partition coefficient (Wildman–Crippen LogP) is 4.21. The van der Waals surface area contributed by atoms with Crippen molar-refractivity contribution in [2.75, 3.05) is 18.9 Å². The molecule has 150 valence electrons. The molecule has 1 aromatic heterocycles. The molecule has 3 aromatic rings. The zero-order valence-electron chi connectivity index (χ0n) is 15.8. The molecule has 0 aliphatic rings. The van der Waals surface area contributed by atoms with Gasteiger partial charge in [0.1, 0.15) is 0 Å². The molecule has 0 atom stereocenters. The average Bonchev–Trinajstić information content (AvgIpc) is 3.18. The van der Waals surface area contributed by atoms with Gasteiger partial charge in [0.15, 0.2) is 0 Å². The van der Waals surface area contributed by atoms with E-state index in [1.807, 2.05) is 36.5 Å². The van der Waals surface area contributed by atoms with Crippen LogP contribution in [0.25, 0.3) is 5.69 Å². The first-order valence-electron chi connectivity index (χ1n) is 9.00. The van der Waals surface area contributed by atoms with Gasteiger partial charge in [-0.05, 0) is 42.3 Å². The van der Waals surface area contributed by atoms with Gasteiger partial charge in [-0.1, -0.05) is 41.4 Å². The van der Waals surface area contributed by atoms with Crippen LogP contribution in [0.2, 0.25) is 10.0 Å². The van der Waals surface area contributed by atoms with Crippen LogP contribution in [0.15, 0.2) is 60.9 Å². The van der Waals surface area contributed by atoms with E-state index >= 15 is 0 Å². The van der Waals surface area contributed by atoms with Crippen molar-refractivity contribution in [3.05, 3.63) is 76.5 Å². The first-order valence-corrected chi connectivity index (χ1v) is 9.76. The fraction of sp³-hybridized carbons (Fsp3) is 0.190. The number of carbonyl (C=O) groups is 2. The summed E-state index contributed by atoms with van der Waals surface area (Å²) in [7, 11) is 1.60. The Balaban J connectivity index is 1.48. The highest BCUT2D eigenvalue weighted by molar-refractivity contribution is 6.42. The molecule has 0 spiro atoms. The van der Waals surface area contributed by atoms with Crippen molar-refractivity contribution in [1.29, 1.82) is 0 Å². The van der Waals surface area contributed by atoms with Crippen molar-refractivity contribution in [3.63, 3.8) is 0 Å². The molecule has 0 aliphatic carbocycles. The molecule has 0 unspecified atom stereocenters. The monoisotopic (exact) mass is 430 g/mol. The molecule has 1 N–H and O–H groups in total. The Hall–Kier alpha value is -2.83. The number of hydrogen-bond acceptors (Lipinski definition) is 3. The molecule has 0 aliphatic heterocycles. The van der Waals surface area contributed by atoms with Gasteiger partial charge in [0.25, 0.3) is 0 Å². The number of carbonyl (C=O) groups excluding carboxylic acids is 2. The molecular weight excluding hydrogens is 411 g/mol. The van der Waals surface area contributed by atoms with Crippen LogP contribution in [-0.2, 0) is 16.0 Å². The van der Waals surface area contributed by atoms with E-state index in [-0.39, 0.29) is 24.8 Å². The fourth-order valence-corrected chi connectivity index (χ4v) is 3.03. The van der Waals surface area contributed by atoms with Crippen molar-refractivity contribution in [2.24, 2.45) is 0 Å². The summed E-state index contributed by atoms with van der Waals surface area (Å²) in [6.45, 7) is -0.0532. The lowest BCUT2D eigenvalue weighted by Crippen LogP contribution is -2.35. The highest BCUT2D eigenvalue weighted by Crippen LogP contribution is 2.24. The average molecular weight is 431 g/mol. The Labute approximate surface area is 179 Å². The summed E-state index contributed by atoms with van der Waals surface area (Å²) in [5.41, 5.74) is 2.44. The molecule has 29 heavy (non-hydrogen) atoms. The molecule has 0 radical (unpaired) electrons. The van der Waals surface area contributed by atoms with E-state index in [2.05, 4.69) is 10.4 Å². The van der Waals surface area contributed by atoms with Gasteiger partial charge in [-0.15, -0.1) is 0 Å². The van der Waals surface area contributed by atoms with E-state index in [9.17, 15) is 9.59 Å². The van der Waals surface area contributed by atoms with Gasteiger partial charge in [0.2, 0.25) is 11.8 Å². The number of aryl methyl sites for hydroxylation is 1. The highest BCUT2D eigenvalue weighted by Gasteiger charge is 2.14. The van der Waals surface area contributed by atoms with Crippen LogP contribution in [0.4, 0.5) is 5.69 Å². The standard InChI is InChI=1S/C21H20Cl2N4O2/c1-26(14-20(28)25-16-8-9-18(22)19(23)11-16)21(29)10-7-15-12-24-27(13-15)17-5-3-2-4-6-17/h2-6,8-9,11-13H,7,10,14H2,1H3,(H,25,28).